The number of aromatic nitrogens is 2. The van der Waals surface area contributed by atoms with Crippen molar-refractivity contribution < 1.29 is 4.79 Å². The molecular weight excluding hydrogens is 370 g/mol. The van der Waals surface area contributed by atoms with Crippen LogP contribution in [0.1, 0.15) is 12.5 Å². The third-order valence-corrected chi connectivity index (χ3v) is 5.37. The minimum absolute atomic E-state index is 0.118. The van der Waals surface area contributed by atoms with Crippen molar-refractivity contribution in [1.82, 2.24) is 14.9 Å². The predicted molar refractivity (Wildman–Crippen MR) is 106 cm³/mol. The van der Waals surface area contributed by atoms with E-state index in [9.17, 15) is 9.59 Å². The Kier molecular flexibility index (Phi) is 5.64. The van der Waals surface area contributed by atoms with E-state index in [0.717, 1.165) is 5.56 Å². The van der Waals surface area contributed by atoms with Gasteiger partial charge in [0, 0.05) is 18.6 Å². The van der Waals surface area contributed by atoms with Gasteiger partial charge in [0.25, 0.3) is 5.56 Å². The second-order valence-electron chi connectivity index (χ2n) is 5.88. The fourth-order valence-corrected chi connectivity index (χ4v) is 3.47. The number of rotatable bonds is 5. The van der Waals surface area contributed by atoms with Crippen molar-refractivity contribution in [3.63, 3.8) is 0 Å². The summed E-state index contributed by atoms with van der Waals surface area (Å²) in [4.78, 5) is 29.3. The molecular formula is C19H18ClN3O2S. The number of thioether (sulfide) groups is 1. The van der Waals surface area contributed by atoms with Gasteiger partial charge >= 0.3 is 0 Å². The molecule has 1 unspecified atom stereocenters. The van der Waals surface area contributed by atoms with E-state index >= 15 is 0 Å². The standard InChI is InChI=1S/C19H18ClN3O2S/c1-12(17(24)21-11-13-7-9-14(20)10-8-13)26-19-22-16-6-4-3-5-15(16)18(25)23(19)2/h3-10,12H,11H2,1-2H3,(H,21,24). The van der Waals surface area contributed by atoms with Gasteiger partial charge in [-0.1, -0.05) is 47.6 Å². The van der Waals surface area contributed by atoms with Crippen LogP contribution in [0.2, 0.25) is 5.02 Å². The first-order valence-electron chi connectivity index (χ1n) is 8.10. The average molecular weight is 388 g/mol. The fourth-order valence-electron chi connectivity index (χ4n) is 2.45. The number of carbonyl (C=O) groups is 1. The van der Waals surface area contributed by atoms with Crippen molar-refractivity contribution in [2.75, 3.05) is 0 Å². The third-order valence-electron chi connectivity index (χ3n) is 3.97. The Hall–Kier alpha value is -2.31. The Balaban J connectivity index is 1.71. The van der Waals surface area contributed by atoms with Gasteiger partial charge in [-0.05, 0) is 36.8 Å². The van der Waals surface area contributed by atoms with Crippen molar-refractivity contribution in [3.05, 3.63) is 69.5 Å². The van der Waals surface area contributed by atoms with Crippen LogP contribution in [0.5, 0.6) is 0 Å². The summed E-state index contributed by atoms with van der Waals surface area (Å²) in [5, 5.41) is 4.25. The van der Waals surface area contributed by atoms with E-state index in [1.165, 1.54) is 16.3 Å². The van der Waals surface area contributed by atoms with Crippen LogP contribution in [0.4, 0.5) is 0 Å². The Morgan fingerprint density at radius 1 is 1.23 bits per heavy atom. The predicted octanol–water partition coefficient (Wildman–Crippen LogP) is 3.38. The summed E-state index contributed by atoms with van der Waals surface area (Å²) in [5.41, 5.74) is 1.48. The summed E-state index contributed by atoms with van der Waals surface area (Å²) in [6.07, 6.45) is 0. The number of nitrogens with zero attached hydrogens (tertiary/aromatic N) is 2. The molecule has 134 valence electrons. The Morgan fingerprint density at radius 2 is 1.92 bits per heavy atom. The number of amides is 1. The highest BCUT2D eigenvalue weighted by Crippen LogP contribution is 2.22. The first kappa shape index (κ1) is 18.5. The second kappa shape index (κ2) is 7.93. The normalized spacial score (nSPS) is 12.1. The highest BCUT2D eigenvalue weighted by Gasteiger charge is 2.18. The molecule has 0 aliphatic heterocycles. The Morgan fingerprint density at radius 3 is 2.65 bits per heavy atom. The number of hydrogen-bond acceptors (Lipinski definition) is 4. The molecule has 7 heteroatoms. The van der Waals surface area contributed by atoms with Crippen LogP contribution in [0.15, 0.2) is 58.5 Å². The molecule has 0 bridgehead atoms. The summed E-state index contributed by atoms with van der Waals surface area (Å²) >= 11 is 7.12. The van der Waals surface area contributed by atoms with Gasteiger partial charge in [-0.25, -0.2) is 4.98 Å². The molecule has 1 aromatic heterocycles. The van der Waals surface area contributed by atoms with Crippen LogP contribution in [0, 0.1) is 0 Å². The molecule has 0 saturated heterocycles. The van der Waals surface area contributed by atoms with Crippen molar-refractivity contribution in [2.45, 2.75) is 23.9 Å². The second-order valence-corrected chi connectivity index (χ2v) is 7.62. The third kappa shape index (κ3) is 4.08. The van der Waals surface area contributed by atoms with Gasteiger partial charge in [0.15, 0.2) is 5.16 Å². The van der Waals surface area contributed by atoms with Crippen LogP contribution < -0.4 is 10.9 Å². The first-order chi connectivity index (χ1) is 12.5. The quantitative estimate of drug-likeness (QED) is 0.538. The summed E-state index contributed by atoms with van der Waals surface area (Å²) < 4.78 is 1.48. The summed E-state index contributed by atoms with van der Waals surface area (Å²) in [6, 6.07) is 14.5. The summed E-state index contributed by atoms with van der Waals surface area (Å²) in [5.74, 6) is -0.118. The Bertz CT molecular complexity index is 1000. The highest BCUT2D eigenvalue weighted by molar-refractivity contribution is 8.00. The molecule has 5 nitrogen and oxygen atoms in total. The van der Waals surface area contributed by atoms with Gasteiger partial charge in [0.2, 0.25) is 5.91 Å². The largest absolute Gasteiger partial charge is 0.351 e. The number of halogens is 1. The van der Waals surface area contributed by atoms with Crippen LogP contribution >= 0.6 is 23.4 Å². The number of carbonyl (C=O) groups excluding carboxylic acids is 1. The Labute approximate surface area is 160 Å². The number of para-hydroxylation sites is 1. The first-order valence-corrected chi connectivity index (χ1v) is 9.36. The number of hydrogen-bond donors (Lipinski definition) is 1. The van der Waals surface area contributed by atoms with Gasteiger partial charge in [-0.15, -0.1) is 0 Å². The van der Waals surface area contributed by atoms with Crippen LogP contribution in [-0.2, 0) is 18.4 Å². The molecule has 3 rings (SSSR count). The van der Waals surface area contributed by atoms with Crippen LogP contribution in [0.3, 0.4) is 0 Å². The molecule has 0 saturated carbocycles. The molecule has 0 aliphatic rings. The van der Waals surface area contributed by atoms with Gasteiger partial charge < -0.3 is 5.32 Å². The molecule has 1 atom stereocenters. The van der Waals surface area contributed by atoms with Crippen molar-refractivity contribution in [2.24, 2.45) is 7.05 Å². The molecule has 1 amide bonds. The van der Waals surface area contributed by atoms with E-state index in [0.29, 0.717) is 27.6 Å². The van der Waals surface area contributed by atoms with Crippen molar-refractivity contribution in [1.29, 1.82) is 0 Å². The highest BCUT2D eigenvalue weighted by atomic mass is 35.5. The van der Waals surface area contributed by atoms with Gasteiger partial charge in [-0.2, -0.15) is 0 Å². The number of nitrogens with one attached hydrogen (secondary N) is 1. The number of fused-ring (bicyclic) bond motifs is 1. The summed E-state index contributed by atoms with van der Waals surface area (Å²) in [6.45, 7) is 2.22. The van der Waals surface area contributed by atoms with Crippen molar-refractivity contribution in [3.8, 4) is 0 Å². The van der Waals surface area contributed by atoms with Crippen LogP contribution in [-0.4, -0.2) is 20.7 Å². The number of benzene rings is 2. The SMILES string of the molecule is CC(Sc1nc2ccccc2c(=O)n1C)C(=O)NCc1ccc(Cl)cc1. The molecule has 0 fully saturated rings. The molecule has 1 heterocycles. The zero-order valence-corrected chi connectivity index (χ0v) is 16.0. The van der Waals surface area contributed by atoms with E-state index < -0.39 is 0 Å². The average Bonchev–Trinajstić information content (AvgIpc) is 2.65. The van der Waals surface area contributed by atoms with E-state index in [-0.39, 0.29) is 16.7 Å². The van der Waals surface area contributed by atoms with E-state index in [1.54, 1.807) is 38.2 Å². The molecule has 0 aliphatic carbocycles. The van der Waals surface area contributed by atoms with Gasteiger partial charge in [0.05, 0.1) is 16.2 Å². The molecule has 0 radical (unpaired) electrons. The maximum atomic E-state index is 12.4. The van der Waals surface area contributed by atoms with E-state index in [4.69, 9.17) is 11.6 Å². The monoisotopic (exact) mass is 387 g/mol. The van der Waals surface area contributed by atoms with Crippen molar-refractivity contribution >= 4 is 40.2 Å². The maximum Gasteiger partial charge on any atom is 0.261 e. The van der Waals surface area contributed by atoms with E-state index in [1.807, 2.05) is 24.3 Å². The van der Waals surface area contributed by atoms with Crippen LogP contribution in [0.25, 0.3) is 10.9 Å². The lowest BCUT2D eigenvalue weighted by Crippen LogP contribution is -2.31. The molecule has 1 N–H and O–H groups in total. The minimum atomic E-state index is -0.387. The summed E-state index contributed by atoms with van der Waals surface area (Å²) in [7, 11) is 1.67. The lowest BCUT2D eigenvalue weighted by atomic mass is 10.2. The molecule has 2 aromatic carbocycles. The zero-order chi connectivity index (χ0) is 18.7. The fraction of sp³-hybridized carbons (Fsp3) is 0.211. The minimum Gasteiger partial charge on any atom is -0.351 e. The van der Waals surface area contributed by atoms with Gasteiger partial charge in [0.1, 0.15) is 0 Å². The zero-order valence-electron chi connectivity index (χ0n) is 14.4. The molecule has 26 heavy (non-hydrogen) atoms. The lowest BCUT2D eigenvalue weighted by Gasteiger charge is -2.14. The lowest BCUT2D eigenvalue weighted by molar-refractivity contribution is -0.120. The maximum absolute atomic E-state index is 12.4. The smallest absolute Gasteiger partial charge is 0.261 e. The van der Waals surface area contributed by atoms with Gasteiger partial charge in [-0.3, -0.25) is 14.2 Å². The van der Waals surface area contributed by atoms with E-state index in [2.05, 4.69) is 10.3 Å². The molecule has 0 spiro atoms. The topological polar surface area (TPSA) is 64.0 Å². The molecule has 3 aromatic rings.